The van der Waals surface area contributed by atoms with E-state index in [0.29, 0.717) is 0 Å². The van der Waals surface area contributed by atoms with Crippen LogP contribution in [0.2, 0.25) is 0 Å². The molecule has 0 bridgehead atoms. The van der Waals surface area contributed by atoms with Gasteiger partial charge < -0.3 is 10.3 Å². The molecular formula is C13H16F2N2. The molecule has 0 radical (unpaired) electrons. The third-order valence-corrected chi connectivity index (χ3v) is 2.73. The second kappa shape index (κ2) is 4.84. The fraction of sp³-hybridized carbons (Fsp3) is 0.385. The molecular weight excluding hydrogens is 222 g/mol. The van der Waals surface area contributed by atoms with Crippen LogP contribution in [0, 0.1) is 0 Å². The molecule has 2 aromatic rings. The van der Waals surface area contributed by atoms with Crippen molar-refractivity contribution in [2.75, 3.05) is 0 Å². The van der Waals surface area contributed by atoms with Gasteiger partial charge in [0.1, 0.15) is 0 Å². The van der Waals surface area contributed by atoms with E-state index >= 15 is 0 Å². The summed E-state index contributed by atoms with van der Waals surface area (Å²) in [6.45, 7) is 1.70. The second-order valence-electron chi connectivity index (χ2n) is 4.43. The Kier molecular flexibility index (Phi) is 3.43. The highest BCUT2D eigenvalue weighted by atomic mass is 19.3. The number of nitrogens with zero attached hydrogens (tertiary/aromatic N) is 1. The zero-order valence-electron chi connectivity index (χ0n) is 9.74. The van der Waals surface area contributed by atoms with Gasteiger partial charge in [0.25, 0.3) is 6.43 Å². The van der Waals surface area contributed by atoms with Crippen LogP contribution in [0.25, 0.3) is 10.9 Å². The molecule has 0 fully saturated rings. The van der Waals surface area contributed by atoms with Gasteiger partial charge in [0.2, 0.25) is 0 Å². The van der Waals surface area contributed by atoms with Gasteiger partial charge in [-0.3, -0.25) is 0 Å². The lowest BCUT2D eigenvalue weighted by molar-refractivity contribution is 0.128. The predicted molar refractivity (Wildman–Crippen MR) is 65.3 cm³/mol. The van der Waals surface area contributed by atoms with Crippen LogP contribution in [-0.2, 0) is 13.0 Å². The number of benzene rings is 1. The number of nitrogens with two attached hydrogens (primary N) is 1. The number of aromatic nitrogens is 1. The van der Waals surface area contributed by atoms with E-state index in [1.165, 1.54) is 0 Å². The third kappa shape index (κ3) is 2.82. The van der Waals surface area contributed by atoms with Gasteiger partial charge in [0.05, 0.1) is 6.54 Å². The number of halogens is 2. The minimum atomic E-state index is -2.32. The molecule has 2 N–H and O–H groups in total. The number of hydrogen-bond donors (Lipinski definition) is 1. The molecule has 1 aromatic carbocycles. The Morgan fingerprint density at radius 3 is 2.71 bits per heavy atom. The first-order valence-electron chi connectivity index (χ1n) is 5.68. The molecule has 0 amide bonds. The van der Waals surface area contributed by atoms with Crippen molar-refractivity contribution in [1.29, 1.82) is 0 Å². The predicted octanol–water partition coefficient (Wildman–Crippen LogP) is 2.80. The fourth-order valence-corrected chi connectivity index (χ4v) is 2.06. The monoisotopic (exact) mass is 238 g/mol. The smallest absolute Gasteiger partial charge is 0.256 e. The van der Waals surface area contributed by atoms with Crippen molar-refractivity contribution in [1.82, 2.24) is 4.57 Å². The maximum Gasteiger partial charge on any atom is 0.256 e. The van der Waals surface area contributed by atoms with E-state index in [-0.39, 0.29) is 12.6 Å². The molecule has 0 aliphatic rings. The number of alkyl halides is 2. The molecule has 92 valence electrons. The summed E-state index contributed by atoms with van der Waals surface area (Å²) in [6, 6.07) is 7.82. The topological polar surface area (TPSA) is 30.9 Å². The molecule has 1 unspecified atom stereocenters. The summed E-state index contributed by atoms with van der Waals surface area (Å²) in [5.74, 6) is 0. The van der Waals surface area contributed by atoms with E-state index in [1.807, 2.05) is 31.2 Å². The van der Waals surface area contributed by atoms with E-state index < -0.39 is 6.43 Å². The fourth-order valence-electron chi connectivity index (χ4n) is 2.06. The van der Waals surface area contributed by atoms with E-state index in [9.17, 15) is 8.78 Å². The van der Waals surface area contributed by atoms with Gasteiger partial charge in [0, 0.05) is 17.8 Å². The molecule has 4 heteroatoms. The molecule has 0 aliphatic heterocycles. The normalized spacial score (nSPS) is 13.5. The summed E-state index contributed by atoms with van der Waals surface area (Å²) >= 11 is 0. The lowest BCUT2D eigenvalue weighted by Crippen LogP contribution is -2.17. The number of hydrogen-bond acceptors (Lipinski definition) is 1. The molecule has 17 heavy (non-hydrogen) atoms. The van der Waals surface area contributed by atoms with Crippen LogP contribution >= 0.6 is 0 Å². The van der Waals surface area contributed by atoms with Gasteiger partial charge in [-0.05, 0) is 42.5 Å². The molecule has 1 aromatic heterocycles. The van der Waals surface area contributed by atoms with Crippen molar-refractivity contribution in [3.8, 4) is 0 Å². The van der Waals surface area contributed by atoms with E-state index in [1.54, 1.807) is 10.8 Å². The molecule has 0 saturated heterocycles. The number of fused-ring (bicyclic) bond motifs is 1. The number of rotatable bonds is 4. The van der Waals surface area contributed by atoms with Crippen LogP contribution in [0.4, 0.5) is 8.78 Å². The Morgan fingerprint density at radius 2 is 2.06 bits per heavy atom. The minimum absolute atomic E-state index is 0.107. The van der Waals surface area contributed by atoms with Crippen molar-refractivity contribution in [2.45, 2.75) is 32.4 Å². The summed E-state index contributed by atoms with van der Waals surface area (Å²) in [5.41, 5.74) is 7.72. The Hall–Kier alpha value is -1.42. The lowest BCUT2D eigenvalue weighted by atomic mass is 10.1. The van der Waals surface area contributed by atoms with E-state index in [2.05, 4.69) is 0 Å². The molecule has 1 atom stereocenters. The van der Waals surface area contributed by atoms with Crippen molar-refractivity contribution in [2.24, 2.45) is 5.73 Å². The zero-order chi connectivity index (χ0) is 12.4. The SMILES string of the molecule is CC(N)Cc1ccc2c(ccn2CC(F)F)c1. The lowest BCUT2D eigenvalue weighted by Gasteiger charge is -2.07. The first-order chi connectivity index (χ1) is 8.06. The van der Waals surface area contributed by atoms with Gasteiger partial charge in [-0.15, -0.1) is 0 Å². The van der Waals surface area contributed by atoms with Crippen LogP contribution in [0.1, 0.15) is 12.5 Å². The van der Waals surface area contributed by atoms with Crippen molar-refractivity contribution in [3.63, 3.8) is 0 Å². The maximum absolute atomic E-state index is 12.3. The Bertz CT molecular complexity index is 503. The molecule has 0 saturated carbocycles. The van der Waals surface area contributed by atoms with Crippen LogP contribution in [0.3, 0.4) is 0 Å². The second-order valence-corrected chi connectivity index (χ2v) is 4.43. The van der Waals surface area contributed by atoms with Crippen molar-refractivity contribution in [3.05, 3.63) is 36.0 Å². The summed E-state index contributed by atoms with van der Waals surface area (Å²) in [6.07, 6.45) is 0.178. The van der Waals surface area contributed by atoms with Crippen molar-refractivity contribution < 1.29 is 8.78 Å². The molecule has 2 nitrogen and oxygen atoms in total. The van der Waals surface area contributed by atoms with Crippen molar-refractivity contribution >= 4 is 10.9 Å². The van der Waals surface area contributed by atoms with Crippen LogP contribution in [0.15, 0.2) is 30.5 Å². The van der Waals surface area contributed by atoms with Gasteiger partial charge in [-0.25, -0.2) is 8.78 Å². The highest BCUT2D eigenvalue weighted by Crippen LogP contribution is 2.19. The standard InChI is InChI=1S/C13H16F2N2/c1-9(16)6-10-2-3-12-11(7-10)4-5-17(12)8-13(14)15/h2-5,7,9,13H,6,8,16H2,1H3. The summed E-state index contributed by atoms with van der Waals surface area (Å²) in [7, 11) is 0. The van der Waals surface area contributed by atoms with Crippen LogP contribution < -0.4 is 5.73 Å². The Labute approximate surface area is 99.0 Å². The summed E-state index contributed by atoms with van der Waals surface area (Å²) in [4.78, 5) is 0. The highest BCUT2D eigenvalue weighted by Gasteiger charge is 2.08. The first kappa shape index (κ1) is 12.0. The summed E-state index contributed by atoms with van der Waals surface area (Å²) < 4.78 is 26.3. The first-order valence-corrected chi connectivity index (χ1v) is 5.68. The largest absolute Gasteiger partial charge is 0.342 e. The Morgan fingerprint density at radius 1 is 1.29 bits per heavy atom. The van der Waals surface area contributed by atoms with Gasteiger partial charge in [-0.2, -0.15) is 0 Å². The van der Waals surface area contributed by atoms with Crippen LogP contribution in [0.5, 0.6) is 0 Å². The van der Waals surface area contributed by atoms with Gasteiger partial charge >= 0.3 is 0 Å². The van der Waals surface area contributed by atoms with E-state index in [4.69, 9.17) is 5.73 Å². The molecule has 0 aliphatic carbocycles. The average molecular weight is 238 g/mol. The van der Waals surface area contributed by atoms with Gasteiger partial charge in [0.15, 0.2) is 0 Å². The minimum Gasteiger partial charge on any atom is -0.342 e. The zero-order valence-corrected chi connectivity index (χ0v) is 9.74. The van der Waals surface area contributed by atoms with Gasteiger partial charge in [-0.1, -0.05) is 6.07 Å². The third-order valence-electron chi connectivity index (χ3n) is 2.73. The van der Waals surface area contributed by atoms with E-state index in [0.717, 1.165) is 22.9 Å². The van der Waals surface area contributed by atoms with Crippen LogP contribution in [-0.4, -0.2) is 17.0 Å². The molecule has 0 spiro atoms. The molecule has 1 heterocycles. The maximum atomic E-state index is 12.3. The molecule has 2 rings (SSSR count). The Balaban J connectivity index is 2.31. The quantitative estimate of drug-likeness (QED) is 0.872. The summed E-state index contributed by atoms with van der Waals surface area (Å²) in [5, 5.41) is 0.990. The average Bonchev–Trinajstić information content (AvgIpc) is 2.59. The highest BCUT2D eigenvalue weighted by molar-refractivity contribution is 5.80.